The molecule has 102 valence electrons. The standard InChI is InChI=1S/C15H17Br2NO/c1-8(2)18-7-13-14(9-3-4-9)11-5-10(16)6-12(17)15(11)19-13/h5-6,8-9,18H,3-4,7H2,1-2H3. The van der Waals surface area contributed by atoms with Crippen LogP contribution in [0.15, 0.2) is 25.5 Å². The number of hydrogen-bond acceptors (Lipinski definition) is 2. The van der Waals surface area contributed by atoms with E-state index in [1.54, 1.807) is 0 Å². The lowest BCUT2D eigenvalue weighted by Crippen LogP contribution is -2.22. The smallest absolute Gasteiger partial charge is 0.148 e. The highest BCUT2D eigenvalue weighted by molar-refractivity contribution is 9.11. The molecule has 3 rings (SSSR count). The van der Waals surface area contributed by atoms with Gasteiger partial charge < -0.3 is 9.73 Å². The number of nitrogens with one attached hydrogen (secondary N) is 1. The fourth-order valence-electron chi connectivity index (χ4n) is 2.44. The molecular formula is C15H17Br2NO. The van der Waals surface area contributed by atoms with Crippen LogP contribution < -0.4 is 5.32 Å². The van der Waals surface area contributed by atoms with Crippen LogP contribution in [0.3, 0.4) is 0 Å². The van der Waals surface area contributed by atoms with E-state index in [-0.39, 0.29) is 0 Å². The third-order valence-electron chi connectivity index (χ3n) is 3.48. The largest absolute Gasteiger partial charge is 0.458 e. The van der Waals surface area contributed by atoms with Gasteiger partial charge in [0.05, 0.1) is 11.0 Å². The lowest BCUT2D eigenvalue weighted by atomic mass is 10.1. The van der Waals surface area contributed by atoms with Gasteiger partial charge in [0.1, 0.15) is 11.3 Å². The molecule has 1 aromatic heterocycles. The van der Waals surface area contributed by atoms with Gasteiger partial charge in [0.25, 0.3) is 0 Å². The van der Waals surface area contributed by atoms with Crippen LogP contribution in [-0.4, -0.2) is 6.04 Å². The molecular weight excluding hydrogens is 370 g/mol. The Morgan fingerprint density at radius 3 is 2.68 bits per heavy atom. The molecule has 19 heavy (non-hydrogen) atoms. The zero-order chi connectivity index (χ0) is 13.6. The van der Waals surface area contributed by atoms with Crippen molar-refractivity contribution in [2.24, 2.45) is 0 Å². The Hall–Kier alpha value is -0.320. The first-order chi connectivity index (χ1) is 9.06. The zero-order valence-electron chi connectivity index (χ0n) is 11.1. The summed E-state index contributed by atoms with van der Waals surface area (Å²) in [6, 6.07) is 4.69. The molecule has 0 atom stereocenters. The summed E-state index contributed by atoms with van der Waals surface area (Å²) in [5.74, 6) is 1.79. The highest BCUT2D eigenvalue weighted by Gasteiger charge is 2.31. The van der Waals surface area contributed by atoms with Crippen molar-refractivity contribution in [3.05, 3.63) is 32.4 Å². The lowest BCUT2D eigenvalue weighted by molar-refractivity contribution is 0.482. The predicted molar refractivity (Wildman–Crippen MR) is 85.6 cm³/mol. The molecule has 0 unspecified atom stereocenters. The second-order valence-corrected chi connectivity index (χ2v) is 7.28. The highest BCUT2D eigenvalue weighted by atomic mass is 79.9. The van der Waals surface area contributed by atoms with E-state index in [4.69, 9.17) is 4.42 Å². The van der Waals surface area contributed by atoms with E-state index in [0.717, 1.165) is 26.8 Å². The molecule has 1 N–H and O–H groups in total. The summed E-state index contributed by atoms with van der Waals surface area (Å²) >= 11 is 7.17. The van der Waals surface area contributed by atoms with Crippen molar-refractivity contribution in [2.45, 2.75) is 45.2 Å². The molecule has 0 aliphatic heterocycles. The Balaban J connectivity index is 2.10. The number of furan rings is 1. The van der Waals surface area contributed by atoms with Gasteiger partial charge in [-0.3, -0.25) is 0 Å². The summed E-state index contributed by atoms with van der Waals surface area (Å²) in [5, 5.41) is 4.71. The van der Waals surface area contributed by atoms with Crippen LogP contribution in [0, 0.1) is 0 Å². The molecule has 4 heteroatoms. The van der Waals surface area contributed by atoms with Gasteiger partial charge in [0.2, 0.25) is 0 Å². The van der Waals surface area contributed by atoms with E-state index in [2.05, 4.69) is 57.1 Å². The van der Waals surface area contributed by atoms with Gasteiger partial charge in [-0.2, -0.15) is 0 Å². The second kappa shape index (κ2) is 5.23. The summed E-state index contributed by atoms with van der Waals surface area (Å²) in [6.45, 7) is 5.13. The molecule has 1 aromatic carbocycles. The first kappa shape index (κ1) is 13.7. The van der Waals surface area contributed by atoms with E-state index >= 15 is 0 Å². The molecule has 0 spiro atoms. The molecule has 2 nitrogen and oxygen atoms in total. The fourth-order valence-corrected chi connectivity index (χ4v) is 3.75. The van der Waals surface area contributed by atoms with Gasteiger partial charge in [0.15, 0.2) is 0 Å². The third kappa shape index (κ3) is 2.76. The van der Waals surface area contributed by atoms with Gasteiger partial charge in [0, 0.05) is 21.5 Å². The predicted octanol–water partition coefficient (Wildman–Crippen LogP) is 5.33. The van der Waals surface area contributed by atoms with Gasteiger partial charge in [-0.05, 0) is 46.8 Å². The SMILES string of the molecule is CC(C)NCc1oc2c(Br)cc(Br)cc2c1C1CC1. The van der Waals surface area contributed by atoms with Crippen LogP contribution in [-0.2, 0) is 6.54 Å². The third-order valence-corrected chi connectivity index (χ3v) is 4.53. The van der Waals surface area contributed by atoms with Gasteiger partial charge in [-0.1, -0.05) is 29.8 Å². The van der Waals surface area contributed by atoms with Crippen molar-refractivity contribution in [1.29, 1.82) is 0 Å². The number of benzene rings is 1. The maximum Gasteiger partial charge on any atom is 0.148 e. The van der Waals surface area contributed by atoms with Crippen molar-refractivity contribution >= 4 is 42.8 Å². The average molecular weight is 387 g/mol. The number of fused-ring (bicyclic) bond motifs is 1. The van der Waals surface area contributed by atoms with Gasteiger partial charge in [-0.25, -0.2) is 0 Å². The van der Waals surface area contributed by atoms with E-state index in [9.17, 15) is 0 Å². The summed E-state index contributed by atoms with van der Waals surface area (Å²) < 4.78 is 8.22. The van der Waals surface area contributed by atoms with Gasteiger partial charge >= 0.3 is 0 Å². The van der Waals surface area contributed by atoms with Crippen molar-refractivity contribution in [2.75, 3.05) is 0 Å². The van der Waals surface area contributed by atoms with Crippen LogP contribution in [0.4, 0.5) is 0 Å². The van der Waals surface area contributed by atoms with Crippen LogP contribution >= 0.6 is 31.9 Å². The van der Waals surface area contributed by atoms with E-state index in [1.807, 2.05) is 6.07 Å². The minimum Gasteiger partial charge on any atom is -0.458 e. The zero-order valence-corrected chi connectivity index (χ0v) is 14.3. The monoisotopic (exact) mass is 385 g/mol. The van der Waals surface area contributed by atoms with Crippen molar-refractivity contribution in [3.8, 4) is 0 Å². The topological polar surface area (TPSA) is 25.2 Å². The molecule has 0 saturated heterocycles. The summed E-state index contributed by atoms with van der Waals surface area (Å²) in [5.41, 5.74) is 2.39. The quantitative estimate of drug-likeness (QED) is 0.767. The molecule has 1 heterocycles. The van der Waals surface area contributed by atoms with Crippen molar-refractivity contribution in [3.63, 3.8) is 0 Å². The van der Waals surface area contributed by atoms with Crippen molar-refractivity contribution < 1.29 is 4.42 Å². The molecule has 0 bridgehead atoms. The van der Waals surface area contributed by atoms with E-state index in [0.29, 0.717) is 12.0 Å². The van der Waals surface area contributed by atoms with E-state index < -0.39 is 0 Å². The van der Waals surface area contributed by atoms with Crippen LogP contribution in [0.25, 0.3) is 11.0 Å². The molecule has 0 amide bonds. The lowest BCUT2D eigenvalue weighted by Gasteiger charge is -2.07. The molecule has 1 aliphatic rings. The van der Waals surface area contributed by atoms with E-state index in [1.165, 1.54) is 23.8 Å². The normalized spacial score (nSPS) is 15.6. The number of halogens is 2. The minimum absolute atomic E-state index is 0.468. The molecule has 0 radical (unpaired) electrons. The summed E-state index contributed by atoms with van der Waals surface area (Å²) in [7, 11) is 0. The Bertz CT molecular complexity index is 614. The van der Waals surface area contributed by atoms with Gasteiger partial charge in [-0.15, -0.1) is 0 Å². The Morgan fingerprint density at radius 1 is 1.32 bits per heavy atom. The maximum atomic E-state index is 6.11. The highest BCUT2D eigenvalue weighted by Crippen LogP contribution is 2.47. The second-order valence-electron chi connectivity index (χ2n) is 5.51. The van der Waals surface area contributed by atoms with Crippen LogP contribution in [0.1, 0.15) is 43.9 Å². The maximum absolute atomic E-state index is 6.11. The molecule has 1 aliphatic carbocycles. The number of rotatable bonds is 4. The molecule has 2 aromatic rings. The Labute approximate surface area is 130 Å². The summed E-state index contributed by atoms with van der Waals surface area (Å²) in [4.78, 5) is 0. The Morgan fingerprint density at radius 2 is 2.05 bits per heavy atom. The average Bonchev–Trinajstić information content (AvgIpc) is 3.08. The molecule has 1 saturated carbocycles. The first-order valence-corrected chi connectivity index (χ1v) is 8.28. The van der Waals surface area contributed by atoms with Crippen LogP contribution in [0.2, 0.25) is 0 Å². The molecule has 1 fully saturated rings. The van der Waals surface area contributed by atoms with Crippen molar-refractivity contribution in [1.82, 2.24) is 5.32 Å². The van der Waals surface area contributed by atoms with Crippen LogP contribution in [0.5, 0.6) is 0 Å². The fraction of sp³-hybridized carbons (Fsp3) is 0.467. The Kier molecular flexibility index (Phi) is 3.76. The summed E-state index contributed by atoms with van der Waals surface area (Å²) in [6.07, 6.45) is 2.57. The first-order valence-electron chi connectivity index (χ1n) is 6.70. The minimum atomic E-state index is 0.468. The number of hydrogen-bond donors (Lipinski definition) is 1.